The fourth-order valence-corrected chi connectivity index (χ4v) is 11.5. The highest BCUT2D eigenvalue weighted by Crippen LogP contribution is 2.38. The zero-order valence-corrected chi connectivity index (χ0v) is 67.8. The Bertz CT molecular complexity index is 4050. The average Bonchev–Trinajstić information content (AvgIpc) is 0.803. The summed E-state index contributed by atoms with van der Waals surface area (Å²) in [6.45, 7) is 24.1. The van der Waals surface area contributed by atoms with Crippen LogP contribution >= 0.6 is 22.6 Å². The summed E-state index contributed by atoms with van der Waals surface area (Å²) in [6.07, 6.45) is 9.45. The fourth-order valence-electron chi connectivity index (χ4n) is 11.2. The van der Waals surface area contributed by atoms with Gasteiger partial charge in [-0.15, -0.1) is 0 Å². The number of likely N-dealkylation sites (tertiary alicyclic amines) is 1. The number of nitrogens with zero attached hydrogens (tertiary/aromatic N) is 2. The Hall–Kier alpha value is -9.01. The summed E-state index contributed by atoms with van der Waals surface area (Å²) in [4.78, 5) is 83.8. The van der Waals surface area contributed by atoms with Crippen molar-refractivity contribution in [1.82, 2.24) is 25.8 Å². The highest BCUT2D eigenvalue weighted by molar-refractivity contribution is 14.1. The third-order valence-electron chi connectivity index (χ3n) is 18.1. The molecule has 1 amide bonds. The van der Waals surface area contributed by atoms with Gasteiger partial charge in [0.15, 0.2) is 17.3 Å². The summed E-state index contributed by atoms with van der Waals surface area (Å²) >= 11 is 2.13. The minimum atomic E-state index is -2.65. The van der Waals surface area contributed by atoms with Crippen LogP contribution in [0.3, 0.4) is 0 Å². The number of allylic oxidation sites excluding steroid dienone is 3. The van der Waals surface area contributed by atoms with Gasteiger partial charge in [-0.3, -0.25) is 28.8 Å². The summed E-state index contributed by atoms with van der Waals surface area (Å²) in [5.41, 5.74) is 4.49. The quantitative estimate of drug-likeness (QED) is 0.0536. The van der Waals surface area contributed by atoms with Crippen LogP contribution in [0, 0.1) is 73.9 Å². The maximum Gasteiger partial charge on any atom is 0.410 e. The molecule has 9 atom stereocenters. The molecule has 4 saturated heterocycles. The fraction of sp³-hybridized carbons (Fsp3) is 0.382. The van der Waals surface area contributed by atoms with Crippen LogP contribution in [0.5, 0.6) is 0 Å². The second-order valence-electron chi connectivity index (χ2n) is 28.9. The van der Waals surface area contributed by atoms with Crippen LogP contribution in [-0.4, -0.2) is 109 Å². The van der Waals surface area contributed by atoms with Crippen molar-refractivity contribution in [2.75, 3.05) is 46.8 Å². The summed E-state index contributed by atoms with van der Waals surface area (Å²) < 4.78 is 122. The van der Waals surface area contributed by atoms with Crippen molar-refractivity contribution in [2.45, 2.75) is 143 Å². The monoisotopic (exact) mass is 1670 g/mol. The summed E-state index contributed by atoms with van der Waals surface area (Å²) in [5, 5.41) is 9.64. The number of halogens is 10. The smallest absolute Gasteiger partial charge is 0.410 e. The number of rotatable bonds is 14. The summed E-state index contributed by atoms with van der Waals surface area (Å²) in [6, 6.07) is 42.0. The normalized spacial score (nSPS) is 20.0. The number of hydrogen-bond donors (Lipinski definition) is 3. The Labute approximate surface area is 667 Å². The number of nitrogens with one attached hydrogen (secondary N) is 3. The van der Waals surface area contributed by atoms with E-state index in [1.807, 2.05) is 46.7 Å². The first-order valence-electron chi connectivity index (χ1n) is 37.1. The molecule has 112 heavy (non-hydrogen) atoms. The van der Waals surface area contributed by atoms with Crippen LogP contribution < -0.4 is 16.0 Å². The number of carbonyl (C=O) groups excluding carboxylic acids is 7. The van der Waals surface area contributed by atoms with Gasteiger partial charge < -0.3 is 30.5 Å². The number of carbonyl (C=O) groups is 7. The third kappa shape index (κ3) is 35.8. The van der Waals surface area contributed by atoms with Gasteiger partial charge in [0, 0.05) is 123 Å². The molecular weight excluding hydrogens is 1560 g/mol. The predicted molar refractivity (Wildman–Crippen MR) is 432 cm³/mol. The lowest BCUT2D eigenvalue weighted by molar-refractivity contribution is -0.127. The number of ether oxygens (including phenoxy) is 1. The number of hydrogen-bond acceptors (Lipinski definition) is 12. The van der Waals surface area contributed by atoms with Crippen molar-refractivity contribution < 1.29 is 77.8 Å². The molecule has 23 heteroatoms. The molecule has 4 fully saturated rings. The van der Waals surface area contributed by atoms with E-state index in [1.165, 1.54) is 104 Å². The van der Waals surface area contributed by atoms with Crippen molar-refractivity contribution in [1.29, 1.82) is 0 Å². The molecule has 604 valence electrons. The average molecular weight is 1670 g/mol. The van der Waals surface area contributed by atoms with Gasteiger partial charge in [-0.2, -0.15) is 0 Å². The maximum absolute atomic E-state index is 13.5. The van der Waals surface area contributed by atoms with Gasteiger partial charge in [0.1, 0.15) is 63.7 Å². The van der Waals surface area contributed by atoms with E-state index in [-0.39, 0.29) is 137 Å². The first kappa shape index (κ1) is 95.4. The van der Waals surface area contributed by atoms with Crippen molar-refractivity contribution >= 4 is 75.5 Å². The Morgan fingerprint density at radius 3 is 1.21 bits per heavy atom. The Kier molecular flexibility index (Phi) is 41.0. The van der Waals surface area contributed by atoms with E-state index in [2.05, 4.69) is 45.1 Å². The molecule has 7 aromatic rings. The molecule has 7 aromatic carbocycles. The number of benzene rings is 7. The number of amides is 1. The first-order chi connectivity index (χ1) is 52.8. The van der Waals surface area contributed by atoms with Gasteiger partial charge in [-0.05, 0) is 206 Å². The van der Waals surface area contributed by atoms with Crippen LogP contribution in [0.1, 0.15) is 165 Å². The van der Waals surface area contributed by atoms with Crippen LogP contribution in [0.4, 0.5) is 44.3 Å². The molecule has 0 radical (unpaired) electrons. The molecule has 0 aromatic heterocycles. The van der Waals surface area contributed by atoms with E-state index >= 15 is 0 Å². The lowest BCUT2D eigenvalue weighted by atomic mass is 9.88. The number of alkyl halides is 2. The lowest BCUT2D eigenvalue weighted by Crippen LogP contribution is -2.47. The number of ketones is 6. The third-order valence-corrected chi connectivity index (χ3v) is 18.8. The molecule has 0 bridgehead atoms. The second-order valence-corrected chi connectivity index (χ2v) is 30.2. The number of piperidine rings is 4. The molecule has 0 aliphatic carbocycles. The van der Waals surface area contributed by atoms with Gasteiger partial charge in [0.25, 0.3) is 5.92 Å². The van der Waals surface area contributed by atoms with Gasteiger partial charge in [0.05, 0.1) is 6.04 Å². The Balaban J connectivity index is 0.000000275. The molecule has 1 unspecified atom stereocenters. The van der Waals surface area contributed by atoms with E-state index in [0.717, 1.165) is 37.9 Å². The van der Waals surface area contributed by atoms with Crippen molar-refractivity contribution in [3.05, 3.63) is 272 Å². The first-order valence-corrected chi connectivity index (χ1v) is 38.2. The molecule has 13 nitrogen and oxygen atoms in total. The number of Topliss-reactive ketones (excluding diaryl/α,β-unsaturated/α-hetero) is 3. The van der Waals surface area contributed by atoms with Crippen molar-refractivity contribution in [3.8, 4) is 0 Å². The van der Waals surface area contributed by atoms with E-state index < -0.39 is 29.6 Å². The summed E-state index contributed by atoms with van der Waals surface area (Å²) in [5.74, 6) is -4.30. The van der Waals surface area contributed by atoms with E-state index in [1.54, 1.807) is 143 Å². The van der Waals surface area contributed by atoms with Gasteiger partial charge in [-0.1, -0.05) is 140 Å². The topological polar surface area (TPSA) is 171 Å². The van der Waals surface area contributed by atoms with Crippen LogP contribution in [-0.2, 0) is 33.5 Å². The molecule has 0 spiro atoms. The van der Waals surface area contributed by atoms with Crippen LogP contribution in [0.25, 0.3) is 12.2 Å². The zero-order valence-electron chi connectivity index (χ0n) is 65.7. The molecule has 3 N–H and O–H groups in total. The Morgan fingerprint density at radius 1 is 0.527 bits per heavy atom. The largest absolute Gasteiger partial charge is 0.444 e. The molecule has 0 saturated carbocycles. The van der Waals surface area contributed by atoms with E-state index in [4.69, 9.17) is 4.74 Å². The molecule has 11 rings (SSSR count). The van der Waals surface area contributed by atoms with E-state index in [9.17, 15) is 73.1 Å². The molecule has 4 heterocycles. The van der Waals surface area contributed by atoms with Gasteiger partial charge >= 0.3 is 6.09 Å². The van der Waals surface area contributed by atoms with E-state index in [0.29, 0.717) is 50.9 Å². The van der Waals surface area contributed by atoms with Gasteiger partial charge in [0.2, 0.25) is 0 Å². The highest BCUT2D eigenvalue weighted by Gasteiger charge is 2.43. The van der Waals surface area contributed by atoms with Crippen molar-refractivity contribution in [2.24, 2.45) is 29.6 Å². The summed E-state index contributed by atoms with van der Waals surface area (Å²) in [7, 11) is 3.88. The highest BCUT2D eigenvalue weighted by atomic mass is 127. The predicted octanol–water partition coefficient (Wildman–Crippen LogP) is 20.0. The van der Waals surface area contributed by atoms with Crippen LogP contribution in [0.15, 0.2) is 195 Å². The second kappa shape index (κ2) is 48.1. The van der Waals surface area contributed by atoms with Crippen molar-refractivity contribution in [3.63, 3.8) is 0 Å². The zero-order chi connectivity index (χ0) is 83.4. The van der Waals surface area contributed by atoms with Gasteiger partial charge in [-0.25, -0.2) is 44.3 Å². The van der Waals surface area contributed by atoms with Crippen LogP contribution in [0.2, 0.25) is 0 Å². The lowest BCUT2D eigenvalue weighted by Gasteiger charge is -2.38. The minimum absolute atomic E-state index is 0.0262. The minimum Gasteiger partial charge on any atom is -0.444 e. The Morgan fingerprint density at radius 2 is 0.875 bits per heavy atom. The maximum atomic E-state index is 13.5. The molecule has 4 aliphatic heterocycles. The SMILES string of the molecule is C=CC(=O)CC.CC(CN(C)C)C(=O)/C=C/c1ccc(F)cc1.CCC(=O)/C=C/c1ccc(F)cc1.C[C@H]1CN(C(=O)OC(C)(C)C)[C@H](c2ccc(F)cc2)CC1=O.C[C@H]1CN[C@H](c2ccc(F)cc2)CC1(F)F.C[C@H]1CN[C@H](c2ccc(F)cc2)CC1=O.C[C@H]1CN[C@H](c2ccc(F)cc2)CC1=O.Fc1ccc(I)cc1. The molecule has 4 aliphatic rings. The standard InChI is InChI=1S/C17H22FNO3.C14H18FNO.C12H14F3N.2C12H14FNO.C11H11FO.C6H4FI.C5H8O/c1-11-10-19(16(21)22-17(2,3)4)14(9-15(11)20)12-5-7-13(18)8-6-12;1-11(10-16(2)3)14(17)9-6-12-4-7-13(15)8-5-12;1-8-7-16-11(6-12(8,14)15)9-2-4-10(13)5-3-9;2*1-8-7-14-11(6-12(8)15)9-2-4-10(13)5-3-9;1-2-11(13)8-5-9-3-6-10(12)7-4-9;7-5-1-3-6(8)4-2-5;1-3-5(6)4-2/h5-8,11,14H,9-10H2,1-4H3;4-9,11H,10H2,1-3H3;2-5,8,11,16H,6-7H2,1H3;2*2-5,8,11,14H,6-7H2,1H3;3-8H,2H2,1H3;1-4H;3H,1,4H2,2H3/b;9-6+;;;;8-5+;;/t11-,14-;;3*8-,11-;;;/m0.000.../s1. The molecular formula is C89H105F9IN5O8.